The van der Waals surface area contributed by atoms with Gasteiger partial charge in [0.15, 0.2) is 0 Å². The molecule has 3 aromatic heterocycles. The highest BCUT2D eigenvalue weighted by molar-refractivity contribution is 7.26. The first-order chi connectivity index (χ1) is 23.3. The molecule has 0 saturated heterocycles. The van der Waals surface area contributed by atoms with E-state index in [2.05, 4.69) is 144 Å². The van der Waals surface area contributed by atoms with Gasteiger partial charge in [-0.05, 0) is 68.4 Å². The minimum Gasteiger partial charge on any atom is -0.278 e. The van der Waals surface area contributed by atoms with Crippen LogP contribution in [0.1, 0.15) is 11.1 Å². The molecule has 0 radical (unpaired) electrons. The van der Waals surface area contributed by atoms with Crippen molar-refractivity contribution < 1.29 is 0 Å². The second kappa shape index (κ2) is 9.35. The lowest BCUT2D eigenvalue weighted by Gasteiger charge is -2.12. The second-order valence-corrected chi connectivity index (χ2v) is 13.6. The minimum atomic E-state index is 0.703. The maximum absolute atomic E-state index is 5.53. The topological polar surface area (TPSA) is 30.7 Å². The number of fused-ring (bicyclic) bond motifs is 13. The molecule has 0 aliphatic heterocycles. The summed E-state index contributed by atoms with van der Waals surface area (Å²) in [6, 6.07) is 50.5. The van der Waals surface area contributed by atoms with Crippen LogP contribution in [-0.4, -0.2) is 14.5 Å². The van der Waals surface area contributed by atoms with Crippen LogP contribution < -0.4 is 0 Å². The molecule has 0 fully saturated rings. The molecular formula is C43H25N3S. The first kappa shape index (κ1) is 25.4. The predicted octanol–water partition coefficient (Wildman–Crippen LogP) is 11.5. The molecule has 7 aromatic carbocycles. The Morgan fingerprint density at radius 2 is 1.19 bits per heavy atom. The number of nitrogens with zero attached hydrogens (tertiary/aromatic N) is 3. The Balaban J connectivity index is 1.31. The van der Waals surface area contributed by atoms with Crippen molar-refractivity contribution in [2.24, 2.45) is 0 Å². The van der Waals surface area contributed by atoms with Crippen LogP contribution in [0.5, 0.6) is 0 Å². The molecule has 0 saturated carbocycles. The van der Waals surface area contributed by atoms with E-state index in [0.717, 1.165) is 38.9 Å². The van der Waals surface area contributed by atoms with E-state index in [0.29, 0.717) is 5.95 Å². The van der Waals surface area contributed by atoms with Crippen LogP contribution in [0, 0.1) is 0 Å². The smallest absolute Gasteiger partial charge is 0.235 e. The van der Waals surface area contributed by atoms with Gasteiger partial charge >= 0.3 is 0 Å². The van der Waals surface area contributed by atoms with Crippen molar-refractivity contribution in [2.75, 3.05) is 0 Å². The van der Waals surface area contributed by atoms with E-state index >= 15 is 0 Å². The molecule has 0 spiro atoms. The molecule has 47 heavy (non-hydrogen) atoms. The summed E-state index contributed by atoms with van der Waals surface area (Å²) in [5.41, 5.74) is 10.8. The lowest BCUT2D eigenvalue weighted by molar-refractivity contribution is 1.02. The van der Waals surface area contributed by atoms with Gasteiger partial charge in [0.05, 0.1) is 26.9 Å². The van der Waals surface area contributed by atoms with Gasteiger partial charge in [-0.15, -0.1) is 11.3 Å². The van der Waals surface area contributed by atoms with Crippen LogP contribution in [0.25, 0.3) is 92.0 Å². The second-order valence-electron chi connectivity index (χ2n) is 12.5. The lowest BCUT2D eigenvalue weighted by atomic mass is 9.98. The summed E-state index contributed by atoms with van der Waals surface area (Å²) in [5.74, 6) is 0.703. The highest BCUT2D eigenvalue weighted by Crippen LogP contribution is 2.47. The third-order valence-electron chi connectivity index (χ3n) is 10.1. The average Bonchev–Trinajstić information content (AvgIpc) is 3.80. The number of aromatic nitrogens is 3. The van der Waals surface area contributed by atoms with Crippen LogP contribution >= 0.6 is 11.3 Å². The quantitative estimate of drug-likeness (QED) is 0.194. The first-order valence-electron chi connectivity index (χ1n) is 16.1. The normalized spacial score (nSPS) is 12.6. The summed E-state index contributed by atoms with van der Waals surface area (Å²) in [6.45, 7) is 0. The van der Waals surface area contributed by atoms with Crippen molar-refractivity contribution in [1.82, 2.24) is 14.5 Å². The maximum Gasteiger partial charge on any atom is 0.235 e. The van der Waals surface area contributed by atoms with Crippen molar-refractivity contribution in [1.29, 1.82) is 0 Å². The monoisotopic (exact) mass is 615 g/mol. The van der Waals surface area contributed by atoms with Crippen molar-refractivity contribution >= 4 is 75.0 Å². The van der Waals surface area contributed by atoms with E-state index < -0.39 is 0 Å². The lowest BCUT2D eigenvalue weighted by Crippen LogP contribution is -2.03. The number of hydrogen-bond donors (Lipinski definition) is 0. The summed E-state index contributed by atoms with van der Waals surface area (Å²) in [6.07, 6.45) is 0.918. The van der Waals surface area contributed by atoms with Gasteiger partial charge in [-0.25, -0.2) is 9.97 Å². The largest absolute Gasteiger partial charge is 0.278 e. The number of benzene rings is 7. The molecule has 0 bridgehead atoms. The van der Waals surface area contributed by atoms with E-state index in [-0.39, 0.29) is 0 Å². The molecule has 3 heterocycles. The van der Waals surface area contributed by atoms with E-state index in [9.17, 15) is 0 Å². The van der Waals surface area contributed by atoms with Gasteiger partial charge in [0.1, 0.15) is 0 Å². The molecule has 11 rings (SSSR count). The van der Waals surface area contributed by atoms with E-state index in [4.69, 9.17) is 9.97 Å². The molecule has 1 aliphatic rings. The molecule has 1 aliphatic carbocycles. The van der Waals surface area contributed by atoms with Crippen molar-refractivity contribution in [3.05, 3.63) is 151 Å². The third kappa shape index (κ3) is 3.45. The fourth-order valence-electron chi connectivity index (χ4n) is 8.01. The molecule has 10 aromatic rings. The summed E-state index contributed by atoms with van der Waals surface area (Å²) in [7, 11) is 0. The van der Waals surface area contributed by atoms with Crippen LogP contribution in [0.4, 0.5) is 0 Å². The average molecular weight is 616 g/mol. The summed E-state index contributed by atoms with van der Waals surface area (Å²) >= 11 is 1.78. The zero-order valence-electron chi connectivity index (χ0n) is 25.2. The van der Waals surface area contributed by atoms with Gasteiger partial charge in [0.2, 0.25) is 5.95 Å². The molecule has 3 nitrogen and oxygen atoms in total. The summed E-state index contributed by atoms with van der Waals surface area (Å²) in [4.78, 5) is 11.0. The first-order valence-corrected chi connectivity index (χ1v) is 16.9. The zero-order chi connectivity index (χ0) is 30.6. The zero-order valence-corrected chi connectivity index (χ0v) is 26.1. The number of rotatable bonds is 2. The van der Waals surface area contributed by atoms with Gasteiger partial charge in [-0.2, -0.15) is 0 Å². The Labute approximate surface area is 274 Å². The summed E-state index contributed by atoms with van der Waals surface area (Å²) in [5, 5.41) is 8.64. The molecule has 0 N–H and O–H groups in total. The summed E-state index contributed by atoms with van der Waals surface area (Å²) < 4.78 is 4.66. The van der Waals surface area contributed by atoms with Gasteiger partial charge in [-0.3, -0.25) is 4.57 Å². The van der Waals surface area contributed by atoms with E-state index in [1.54, 1.807) is 11.3 Å². The van der Waals surface area contributed by atoms with Crippen molar-refractivity contribution in [2.45, 2.75) is 6.42 Å². The van der Waals surface area contributed by atoms with Gasteiger partial charge < -0.3 is 0 Å². The fourth-order valence-corrected chi connectivity index (χ4v) is 9.16. The Hall–Kier alpha value is -5.84. The molecular weight excluding hydrogens is 591 g/mol. The highest BCUT2D eigenvalue weighted by atomic mass is 32.1. The SMILES string of the molecule is c1ccc2c(c1)Cc1c-2ccc2c1c1c3ccccc3ccc1n2-c1nc(-c2cccc3ccccc23)c2sc3ccccc3c2n1. The van der Waals surface area contributed by atoms with Crippen LogP contribution in [0.15, 0.2) is 140 Å². The molecule has 0 atom stereocenters. The van der Waals surface area contributed by atoms with Gasteiger partial charge in [0, 0.05) is 26.4 Å². The van der Waals surface area contributed by atoms with Crippen LogP contribution in [0.3, 0.4) is 0 Å². The Kier molecular flexibility index (Phi) is 5.05. The predicted molar refractivity (Wildman–Crippen MR) is 198 cm³/mol. The molecule has 0 unspecified atom stereocenters. The number of hydrogen-bond acceptors (Lipinski definition) is 3. The standard InChI is InChI=1S/C43H25N3S/c1-4-14-28-25(10-1)13-9-18-32(28)40-42-41(33-17-7-8-19-37(33)47-42)45-43(44-40)46-35-22-20-26-11-2-6-16-30(26)38(35)39-34-24-27-12-3-5-15-29(27)31(34)21-23-36(39)46/h1-23H,24H2. The Morgan fingerprint density at radius 3 is 2.11 bits per heavy atom. The number of thiophene rings is 1. The van der Waals surface area contributed by atoms with Gasteiger partial charge in [-0.1, -0.05) is 121 Å². The maximum atomic E-state index is 5.53. The van der Waals surface area contributed by atoms with Gasteiger partial charge in [0.25, 0.3) is 0 Å². The molecule has 218 valence electrons. The van der Waals surface area contributed by atoms with Crippen LogP contribution in [0.2, 0.25) is 0 Å². The minimum absolute atomic E-state index is 0.703. The van der Waals surface area contributed by atoms with Crippen molar-refractivity contribution in [3.8, 4) is 28.3 Å². The highest BCUT2D eigenvalue weighted by Gasteiger charge is 2.27. The van der Waals surface area contributed by atoms with E-state index in [1.165, 1.54) is 64.7 Å². The van der Waals surface area contributed by atoms with Crippen LogP contribution in [-0.2, 0) is 6.42 Å². The third-order valence-corrected chi connectivity index (χ3v) is 11.2. The fraction of sp³-hybridized carbons (Fsp3) is 0.0233. The Bertz CT molecular complexity index is 2940. The molecule has 0 amide bonds. The Morgan fingerprint density at radius 1 is 0.511 bits per heavy atom. The van der Waals surface area contributed by atoms with E-state index in [1.807, 2.05) is 0 Å². The molecule has 4 heteroatoms. The van der Waals surface area contributed by atoms with Crippen molar-refractivity contribution in [3.63, 3.8) is 0 Å².